The smallest absolute Gasteiger partial charge is 0.243 e. The van der Waals surface area contributed by atoms with Crippen molar-refractivity contribution >= 4 is 27.5 Å². The normalized spacial score (nSPS) is 22.5. The number of hydrogen-bond acceptors (Lipinski definition) is 3. The number of carbonyl (C=O) groups is 1. The second kappa shape index (κ2) is 8.93. The Hall–Kier alpha value is -1.11. The summed E-state index contributed by atoms with van der Waals surface area (Å²) in [6, 6.07) is 4.99. The fourth-order valence-electron chi connectivity index (χ4n) is 4.17. The number of piperidine rings is 1. The molecule has 150 valence electrons. The van der Waals surface area contributed by atoms with Crippen LogP contribution in [0.5, 0.6) is 0 Å². The third kappa shape index (κ3) is 4.84. The topological polar surface area (TPSA) is 66.5 Å². The van der Waals surface area contributed by atoms with Crippen molar-refractivity contribution in [3.8, 4) is 0 Å². The molecule has 1 aromatic carbocycles. The lowest BCUT2D eigenvalue weighted by atomic mass is 9.88. The predicted molar refractivity (Wildman–Crippen MR) is 107 cm³/mol. The molecule has 1 amide bonds. The maximum absolute atomic E-state index is 13.1. The van der Waals surface area contributed by atoms with Crippen LogP contribution in [0.1, 0.15) is 50.5 Å². The summed E-state index contributed by atoms with van der Waals surface area (Å²) in [5, 5.41) is 3.54. The first kappa shape index (κ1) is 20.6. The van der Waals surface area contributed by atoms with Crippen molar-refractivity contribution in [3.63, 3.8) is 0 Å². The van der Waals surface area contributed by atoms with E-state index >= 15 is 0 Å². The van der Waals surface area contributed by atoms with Crippen LogP contribution in [0.25, 0.3) is 0 Å². The molecule has 1 unspecified atom stereocenters. The molecule has 2 fully saturated rings. The summed E-state index contributed by atoms with van der Waals surface area (Å²) in [6.07, 6.45) is 7.19. The Labute approximate surface area is 167 Å². The molecule has 1 saturated carbocycles. The van der Waals surface area contributed by atoms with Crippen molar-refractivity contribution in [2.24, 2.45) is 11.8 Å². The minimum Gasteiger partial charge on any atom is -0.356 e. The summed E-state index contributed by atoms with van der Waals surface area (Å²) in [5.41, 5.74) is 0.590. The fraction of sp³-hybridized carbons (Fsp3) is 0.650. The number of amides is 1. The van der Waals surface area contributed by atoms with Crippen molar-refractivity contribution in [1.29, 1.82) is 0 Å². The van der Waals surface area contributed by atoms with Crippen molar-refractivity contribution in [1.82, 2.24) is 9.62 Å². The fourth-order valence-corrected chi connectivity index (χ4v) is 6.20. The molecule has 1 saturated heterocycles. The van der Waals surface area contributed by atoms with Gasteiger partial charge < -0.3 is 5.32 Å². The highest BCUT2D eigenvalue weighted by molar-refractivity contribution is 7.89. The first-order chi connectivity index (χ1) is 12.9. The van der Waals surface area contributed by atoms with Crippen molar-refractivity contribution in [3.05, 3.63) is 28.8 Å². The first-order valence-electron chi connectivity index (χ1n) is 9.92. The molecule has 27 heavy (non-hydrogen) atoms. The van der Waals surface area contributed by atoms with Gasteiger partial charge in [-0.05, 0) is 56.2 Å². The van der Waals surface area contributed by atoms with Gasteiger partial charge in [-0.15, -0.1) is 0 Å². The highest BCUT2D eigenvalue weighted by Crippen LogP contribution is 2.29. The Kier molecular flexibility index (Phi) is 6.82. The Balaban J connectivity index is 1.61. The van der Waals surface area contributed by atoms with Crippen LogP contribution in [0.2, 0.25) is 5.02 Å². The number of rotatable bonds is 5. The van der Waals surface area contributed by atoms with Gasteiger partial charge in [0.2, 0.25) is 15.9 Å². The molecular formula is C20H29ClN2O3S. The molecule has 0 spiro atoms. The van der Waals surface area contributed by atoms with Crippen LogP contribution < -0.4 is 5.32 Å². The third-order valence-electron chi connectivity index (χ3n) is 5.86. The summed E-state index contributed by atoms with van der Waals surface area (Å²) in [6.45, 7) is 3.25. The average Bonchev–Trinajstić information content (AvgIpc) is 2.69. The number of benzene rings is 1. The van der Waals surface area contributed by atoms with Crippen LogP contribution >= 0.6 is 11.6 Å². The van der Waals surface area contributed by atoms with Gasteiger partial charge in [-0.2, -0.15) is 4.31 Å². The maximum Gasteiger partial charge on any atom is 0.243 e. The molecule has 5 nitrogen and oxygen atoms in total. The molecule has 1 N–H and O–H groups in total. The van der Waals surface area contributed by atoms with Crippen LogP contribution in [-0.2, 0) is 14.8 Å². The highest BCUT2D eigenvalue weighted by atomic mass is 35.5. The number of carbonyl (C=O) groups excluding carboxylic acids is 1. The van der Waals surface area contributed by atoms with Gasteiger partial charge in [-0.25, -0.2) is 8.42 Å². The van der Waals surface area contributed by atoms with Crippen LogP contribution in [-0.4, -0.2) is 38.3 Å². The quantitative estimate of drug-likeness (QED) is 0.800. The maximum atomic E-state index is 13.1. The highest BCUT2D eigenvalue weighted by Gasteiger charge is 2.32. The van der Waals surface area contributed by atoms with Gasteiger partial charge in [0.25, 0.3) is 0 Å². The van der Waals surface area contributed by atoms with Gasteiger partial charge >= 0.3 is 0 Å². The van der Waals surface area contributed by atoms with E-state index in [-0.39, 0.29) is 22.6 Å². The summed E-state index contributed by atoms with van der Waals surface area (Å²) in [7, 11) is -3.57. The molecule has 2 aliphatic rings. The lowest BCUT2D eigenvalue weighted by molar-refractivity contribution is -0.126. The number of sulfonamides is 1. The Morgan fingerprint density at radius 3 is 2.67 bits per heavy atom. The van der Waals surface area contributed by atoms with E-state index in [0.29, 0.717) is 30.2 Å². The molecule has 7 heteroatoms. The molecular weight excluding hydrogens is 384 g/mol. The van der Waals surface area contributed by atoms with Gasteiger partial charge in [-0.3, -0.25) is 4.79 Å². The summed E-state index contributed by atoms with van der Waals surface area (Å²) >= 11 is 6.12. The molecule has 1 heterocycles. The average molecular weight is 413 g/mol. The summed E-state index contributed by atoms with van der Waals surface area (Å²) in [4.78, 5) is 12.6. The van der Waals surface area contributed by atoms with E-state index in [1.807, 2.05) is 0 Å². The Morgan fingerprint density at radius 1 is 1.19 bits per heavy atom. The molecule has 0 bridgehead atoms. The van der Waals surface area contributed by atoms with Gasteiger partial charge in [0.05, 0.1) is 4.90 Å². The zero-order chi connectivity index (χ0) is 19.4. The lowest BCUT2D eigenvalue weighted by Crippen LogP contribution is -2.44. The summed E-state index contributed by atoms with van der Waals surface area (Å²) < 4.78 is 27.7. The Bertz CT molecular complexity index is 775. The zero-order valence-electron chi connectivity index (χ0n) is 15.9. The molecule has 0 aromatic heterocycles. The Morgan fingerprint density at radius 2 is 1.93 bits per heavy atom. The molecule has 1 aliphatic heterocycles. The van der Waals surface area contributed by atoms with Crippen LogP contribution in [0.4, 0.5) is 0 Å². The number of hydrogen-bond donors (Lipinski definition) is 1. The van der Waals surface area contributed by atoms with Crippen LogP contribution in [0.15, 0.2) is 23.1 Å². The standard InChI is InChI=1S/C20H29ClN2O3S/c1-15-18(21)10-5-11-19(15)27(25,26)23-12-6-7-16(14-23)13-22-20(24)17-8-3-2-4-9-17/h5,10-11,16-17H,2-4,6-9,12-14H2,1H3,(H,22,24). The molecule has 0 radical (unpaired) electrons. The van der Waals surface area contributed by atoms with E-state index < -0.39 is 10.0 Å². The predicted octanol–water partition coefficient (Wildman–Crippen LogP) is 3.75. The van der Waals surface area contributed by atoms with Gasteiger partial charge in [0.1, 0.15) is 0 Å². The zero-order valence-corrected chi connectivity index (χ0v) is 17.5. The molecule has 1 aliphatic carbocycles. The van der Waals surface area contributed by atoms with E-state index in [1.54, 1.807) is 29.4 Å². The van der Waals surface area contributed by atoms with E-state index in [1.165, 1.54) is 6.42 Å². The largest absolute Gasteiger partial charge is 0.356 e. The first-order valence-corrected chi connectivity index (χ1v) is 11.7. The monoisotopic (exact) mass is 412 g/mol. The minimum atomic E-state index is -3.57. The molecule has 3 rings (SSSR count). The van der Waals surface area contributed by atoms with Gasteiger partial charge in [0.15, 0.2) is 0 Å². The minimum absolute atomic E-state index is 0.135. The second-order valence-electron chi connectivity index (χ2n) is 7.81. The van der Waals surface area contributed by atoms with E-state index in [9.17, 15) is 13.2 Å². The van der Waals surface area contributed by atoms with E-state index in [2.05, 4.69) is 5.32 Å². The van der Waals surface area contributed by atoms with Gasteiger partial charge in [0, 0.05) is 30.6 Å². The summed E-state index contributed by atoms with van der Waals surface area (Å²) in [5.74, 6) is 0.428. The third-order valence-corrected chi connectivity index (χ3v) is 8.28. The van der Waals surface area contributed by atoms with Gasteiger partial charge in [-0.1, -0.05) is 36.9 Å². The van der Waals surface area contributed by atoms with Crippen LogP contribution in [0, 0.1) is 18.8 Å². The van der Waals surface area contributed by atoms with Crippen molar-refractivity contribution < 1.29 is 13.2 Å². The second-order valence-corrected chi connectivity index (χ2v) is 10.1. The van der Waals surface area contributed by atoms with E-state index in [4.69, 9.17) is 11.6 Å². The molecule has 1 aromatic rings. The van der Waals surface area contributed by atoms with E-state index in [0.717, 1.165) is 38.5 Å². The van der Waals surface area contributed by atoms with Crippen molar-refractivity contribution in [2.75, 3.05) is 19.6 Å². The SMILES string of the molecule is Cc1c(Cl)cccc1S(=O)(=O)N1CCCC(CNC(=O)C2CCCCC2)C1. The number of nitrogens with one attached hydrogen (secondary N) is 1. The number of halogens is 1. The lowest BCUT2D eigenvalue weighted by Gasteiger charge is -2.33. The van der Waals surface area contributed by atoms with Crippen molar-refractivity contribution in [2.45, 2.75) is 56.8 Å². The van der Waals surface area contributed by atoms with Crippen LogP contribution in [0.3, 0.4) is 0 Å². The number of nitrogens with zero attached hydrogens (tertiary/aromatic N) is 1. The molecule has 1 atom stereocenters.